The van der Waals surface area contributed by atoms with Crippen LogP contribution in [0.3, 0.4) is 0 Å². The van der Waals surface area contributed by atoms with E-state index in [9.17, 15) is 30.3 Å². The van der Waals surface area contributed by atoms with Gasteiger partial charge in [-0.15, -0.1) is 0 Å². The van der Waals surface area contributed by atoms with Crippen LogP contribution in [0.1, 0.15) is 174 Å². The van der Waals surface area contributed by atoms with E-state index < -0.39 is 49.5 Å². The highest BCUT2D eigenvalue weighted by Crippen LogP contribution is 2.22. The molecule has 7 atom stereocenters. The van der Waals surface area contributed by atoms with E-state index in [1.807, 2.05) is 6.08 Å². The Balaban J connectivity index is 2.44. The first-order valence-corrected chi connectivity index (χ1v) is 21.9. The molecule has 0 radical (unpaired) electrons. The summed E-state index contributed by atoms with van der Waals surface area (Å²) in [4.78, 5) is 12.9. The number of carbonyl (C=O) groups excluding carboxylic acids is 1. The monoisotopic (exact) mass is 764 g/mol. The summed E-state index contributed by atoms with van der Waals surface area (Å²) in [5.74, 6) is -0.203. The predicted octanol–water partition coefficient (Wildman–Crippen LogP) is 8.67. The maximum absolute atomic E-state index is 12.9. The molecular weight excluding hydrogens is 682 g/mol. The van der Waals surface area contributed by atoms with Gasteiger partial charge in [-0.3, -0.25) is 4.79 Å². The first-order valence-electron chi connectivity index (χ1n) is 21.9. The maximum atomic E-state index is 12.9. The van der Waals surface area contributed by atoms with Crippen molar-refractivity contribution in [1.29, 1.82) is 0 Å². The summed E-state index contributed by atoms with van der Waals surface area (Å²) < 4.78 is 11.2. The highest BCUT2D eigenvalue weighted by molar-refractivity contribution is 5.76. The molecule has 0 aromatic carbocycles. The Morgan fingerprint density at radius 1 is 0.630 bits per heavy atom. The fourth-order valence-corrected chi connectivity index (χ4v) is 6.55. The number of nitrogens with one attached hydrogen (secondary N) is 1. The highest BCUT2D eigenvalue weighted by Gasteiger charge is 2.44. The molecule has 0 spiro atoms. The molecule has 1 heterocycles. The molecule has 0 aliphatic carbocycles. The average Bonchev–Trinajstić information content (AvgIpc) is 3.17. The van der Waals surface area contributed by atoms with Crippen molar-refractivity contribution in [3.63, 3.8) is 0 Å². The second kappa shape index (κ2) is 35.6. The van der Waals surface area contributed by atoms with Crippen LogP contribution in [0.4, 0.5) is 0 Å². The van der Waals surface area contributed by atoms with Gasteiger partial charge in [-0.1, -0.05) is 152 Å². The third-order valence-electron chi connectivity index (χ3n) is 10.1. The number of unbranched alkanes of at least 4 members (excludes halogenated alkanes) is 19. The van der Waals surface area contributed by atoms with E-state index in [4.69, 9.17) is 9.47 Å². The molecule has 1 rings (SSSR count). The molecule has 6 N–H and O–H groups in total. The minimum atomic E-state index is -1.57. The first kappa shape index (κ1) is 50.2. The molecule has 9 nitrogen and oxygen atoms in total. The van der Waals surface area contributed by atoms with E-state index in [1.165, 1.54) is 89.9 Å². The lowest BCUT2D eigenvalue weighted by Gasteiger charge is -2.40. The van der Waals surface area contributed by atoms with Gasteiger partial charge in [0, 0.05) is 6.42 Å². The lowest BCUT2D eigenvalue weighted by molar-refractivity contribution is -0.302. The zero-order valence-electron chi connectivity index (χ0n) is 34.2. The van der Waals surface area contributed by atoms with Crippen LogP contribution >= 0.6 is 0 Å². The van der Waals surface area contributed by atoms with E-state index in [1.54, 1.807) is 6.08 Å². The van der Waals surface area contributed by atoms with Crippen molar-refractivity contribution in [2.75, 3.05) is 13.2 Å². The summed E-state index contributed by atoms with van der Waals surface area (Å²) in [5.41, 5.74) is 0. The third-order valence-corrected chi connectivity index (χ3v) is 10.1. The van der Waals surface area contributed by atoms with Crippen LogP contribution in [-0.2, 0) is 14.3 Å². The standard InChI is InChI=1S/C45H81NO8/c1-3-5-7-9-11-13-15-17-19-21-22-24-26-28-30-32-34-39(48)38(37-53-45-44(52)43(51)42(50)40(36-47)54-45)46-41(49)35-33-31-29-27-25-23-20-18-16-14-12-10-8-6-4-2/h12,14,18,20,24,26,32,34,38-40,42-45,47-48,50-52H,3-11,13,15-17,19,21-23,25,27-31,33,35-37H2,1-2H3,(H,46,49)/b14-12-,20-18-,26-24+,34-32+. The lowest BCUT2D eigenvalue weighted by atomic mass is 9.99. The molecule has 1 amide bonds. The van der Waals surface area contributed by atoms with Crippen LogP contribution in [0, 0.1) is 0 Å². The molecule has 1 aliphatic heterocycles. The lowest BCUT2D eigenvalue weighted by Crippen LogP contribution is -2.60. The number of ether oxygens (including phenoxy) is 2. The smallest absolute Gasteiger partial charge is 0.220 e. The summed E-state index contributed by atoms with van der Waals surface area (Å²) in [7, 11) is 0. The van der Waals surface area contributed by atoms with E-state index in [0.29, 0.717) is 6.42 Å². The van der Waals surface area contributed by atoms with Gasteiger partial charge in [0.1, 0.15) is 24.4 Å². The normalized spacial score (nSPS) is 21.9. The summed E-state index contributed by atoms with van der Waals surface area (Å²) in [6, 6.07) is -0.828. The largest absolute Gasteiger partial charge is 0.394 e. The molecule has 314 valence electrons. The number of aliphatic hydroxyl groups excluding tert-OH is 5. The quantitative estimate of drug-likeness (QED) is 0.0278. The summed E-state index contributed by atoms with van der Waals surface area (Å²) in [6.45, 7) is 3.70. The van der Waals surface area contributed by atoms with Crippen LogP contribution in [0.5, 0.6) is 0 Å². The zero-order valence-corrected chi connectivity index (χ0v) is 34.2. The summed E-state index contributed by atoms with van der Waals surface area (Å²) in [6.07, 6.45) is 37.2. The minimum Gasteiger partial charge on any atom is -0.394 e. The summed E-state index contributed by atoms with van der Waals surface area (Å²) in [5, 5.41) is 54.1. The number of rotatable bonds is 35. The Labute approximate surface area is 329 Å². The highest BCUT2D eigenvalue weighted by atomic mass is 16.7. The molecule has 1 fully saturated rings. The molecular formula is C45H81NO8. The molecule has 0 aromatic heterocycles. The number of hydrogen-bond donors (Lipinski definition) is 6. The molecule has 1 saturated heterocycles. The second-order valence-electron chi connectivity index (χ2n) is 15.1. The van der Waals surface area contributed by atoms with Crippen molar-refractivity contribution in [1.82, 2.24) is 5.32 Å². The number of allylic oxidation sites excluding steroid dienone is 7. The van der Waals surface area contributed by atoms with Crippen LogP contribution in [0.15, 0.2) is 48.6 Å². The van der Waals surface area contributed by atoms with Crippen LogP contribution in [0.2, 0.25) is 0 Å². The van der Waals surface area contributed by atoms with Crippen molar-refractivity contribution < 1.29 is 39.8 Å². The first-order chi connectivity index (χ1) is 26.3. The number of carbonyl (C=O) groups is 1. The Bertz CT molecular complexity index is 983. The second-order valence-corrected chi connectivity index (χ2v) is 15.1. The zero-order chi connectivity index (χ0) is 39.5. The average molecular weight is 764 g/mol. The molecule has 7 unspecified atom stereocenters. The van der Waals surface area contributed by atoms with E-state index >= 15 is 0 Å². The van der Waals surface area contributed by atoms with E-state index in [2.05, 4.69) is 55.6 Å². The topological polar surface area (TPSA) is 149 Å². The number of amides is 1. The van der Waals surface area contributed by atoms with Gasteiger partial charge in [-0.2, -0.15) is 0 Å². The van der Waals surface area contributed by atoms with E-state index in [-0.39, 0.29) is 12.5 Å². The fourth-order valence-electron chi connectivity index (χ4n) is 6.55. The van der Waals surface area contributed by atoms with E-state index in [0.717, 1.165) is 64.2 Å². The van der Waals surface area contributed by atoms with Gasteiger partial charge < -0.3 is 40.3 Å². The van der Waals surface area contributed by atoms with Crippen LogP contribution in [0.25, 0.3) is 0 Å². The van der Waals surface area contributed by atoms with Gasteiger partial charge >= 0.3 is 0 Å². The van der Waals surface area contributed by atoms with Crippen molar-refractivity contribution in [3.05, 3.63) is 48.6 Å². The van der Waals surface area contributed by atoms with Gasteiger partial charge in [0.15, 0.2) is 6.29 Å². The SMILES string of the molecule is CCCCC/C=C\C/C=C\CCCCCCCC(=O)NC(COC1OC(CO)C(O)C(O)C1O)C(O)/C=C/CC/C=C/CCCCCCCCCCCC. The number of hydrogen-bond acceptors (Lipinski definition) is 8. The molecule has 0 saturated carbocycles. The number of aliphatic hydroxyl groups is 5. The molecule has 0 aromatic rings. The Morgan fingerprint density at radius 2 is 1.11 bits per heavy atom. The van der Waals surface area contributed by atoms with Crippen molar-refractivity contribution in [2.24, 2.45) is 0 Å². The van der Waals surface area contributed by atoms with Crippen LogP contribution < -0.4 is 5.32 Å². The predicted molar refractivity (Wildman–Crippen MR) is 221 cm³/mol. The Kier molecular flexibility index (Phi) is 33.0. The molecule has 54 heavy (non-hydrogen) atoms. The van der Waals surface area contributed by atoms with Gasteiger partial charge in [0.2, 0.25) is 5.91 Å². The minimum absolute atomic E-state index is 0.203. The molecule has 9 heteroatoms. The van der Waals surface area contributed by atoms with Gasteiger partial charge in [0.25, 0.3) is 0 Å². The van der Waals surface area contributed by atoms with Gasteiger partial charge in [-0.05, 0) is 64.2 Å². The fraction of sp³-hybridized carbons (Fsp3) is 0.800. The van der Waals surface area contributed by atoms with Crippen molar-refractivity contribution in [3.8, 4) is 0 Å². The Morgan fingerprint density at radius 3 is 1.70 bits per heavy atom. The van der Waals surface area contributed by atoms with Crippen molar-refractivity contribution in [2.45, 2.75) is 217 Å². The van der Waals surface area contributed by atoms with Gasteiger partial charge in [-0.25, -0.2) is 0 Å². The van der Waals surface area contributed by atoms with Gasteiger partial charge in [0.05, 0.1) is 25.4 Å². The maximum Gasteiger partial charge on any atom is 0.220 e. The Hall–Kier alpha value is -1.85. The molecule has 0 bridgehead atoms. The summed E-state index contributed by atoms with van der Waals surface area (Å²) >= 11 is 0. The third kappa shape index (κ3) is 26.1. The van der Waals surface area contributed by atoms with Crippen LogP contribution in [-0.4, -0.2) is 87.5 Å². The van der Waals surface area contributed by atoms with Crippen molar-refractivity contribution >= 4 is 5.91 Å². The molecule has 1 aliphatic rings.